The maximum absolute atomic E-state index is 10.2. The van der Waals surface area contributed by atoms with E-state index in [-0.39, 0.29) is 0 Å². The quantitative estimate of drug-likeness (QED) is 0.390. The number of hydrogen-bond donors (Lipinski definition) is 0. The van der Waals surface area contributed by atoms with Gasteiger partial charge in [0, 0.05) is 6.08 Å². The maximum Gasteiger partial charge on any atom is 0.346 e. The van der Waals surface area contributed by atoms with E-state index in [1.165, 1.54) is 12.1 Å². The van der Waals surface area contributed by atoms with Crippen LogP contribution in [-0.4, -0.2) is 4.92 Å². The van der Waals surface area contributed by atoms with E-state index in [2.05, 4.69) is 0 Å². The predicted molar refractivity (Wildman–Crippen MR) is 47.0 cm³/mol. The molecule has 0 aromatic heterocycles. The van der Waals surface area contributed by atoms with Gasteiger partial charge in [-0.15, -0.1) is 0 Å². The van der Waals surface area contributed by atoms with E-state index in [0.717, 1.165) is 0 Å². The van der Waals surface area contributed by atoms with Crippen LogP contribution in [0.1, 0.15) is 5.56 Å². The smallest absolute Gasteiger partial charge is 0.258 e. The standard InChI is InChI=1S/C9H6N2O2/c10-7-9(11(12)13)6-8-4-2-1-3-5-8/h1-6H. The van der Waals surface area contributed by atoms with Crippen LogP contribution in [0.4, 0.5) is 0 Å². The zero-order valence-electron chi connectivity index (χ0n) is 6.68. The van der Waals surface area contributed by atoms with Gasteiger partial charge in [-0.1, -0.05) is 30.3 Å². The number of nitriles is 1. The molecule has 0 heterocycles. The predicted octanol–water partition coefficient (Wildman–Crippen LogP) is 1.83. The summed E-state index contributed by atoms with van der Waals surface area (Å²) in [5.41, 5.74) is 0.196. The van der Waals surface area contributed by atoms with Gasteiger partial charge in [0.1, 0.15) is 0 Å². The van der Waals surface area contributed by atoms with Crippen molar-refractivity contribution < 1.29 is 4.92 Å². The Morgan fingerprint density at radius 1 is 1.46 bits per heavy atom. The van der Waals surface area contributed by atoms with Gasteiger partial charge in [-0.25, -0.2) is 0 Å². The first-order valence-corrected chi connectivity index (χ1v) is 3.55. The Labute approximate surface area is 74.9 Å². The highest BCUT2D eigenvalue weighted by molar-refractivity contribution is 5.53. The van der Waals surface area contributed by atoms with Crippen molar-refractivity contribution in [3.05, 3.63) is 51.7 Å². The van der Waals surface area contributed by atoms with Crippen molar-refractivity contribution in [2.24, 2.45) is 0 Å². The van der Waals surface area contributed by atoms with Gasteiger partial charge in [0.25, 0.3) is 0 Å². The molecule has 64 valence electrons. The SMILES string of the molecule is N#CC(=Cc1ccccc1)[N+](=O)[O-]. The second-order valence-electron chi connectivity index (χ2n) is 2.31. The molecular formula is C9H6N2O2. The van der Waals surface area contributed by atoms with Crippen LogP contribution in [0, 0.1) is 21.4 Å². The number of hydrogen-bond acceptors (Lipinski definition) is 3. The molecule has 0 fully saturated rings. The van der Waals surface area contributed by atoms with Crippen molar-refractivity contribution in [1.29, 1.82) is 5.26 Å². The molecule has 0 saturated carbocycles. The third kappa shape index (κ3) is 2.42. The van der Waals surface area contributed by atoms with Crippen LogP contribution < -0.4 is 0 Å². The summed E-state index contributed by atoms with van der Waals surface area (Å²) in [5.74, 6) is 0. The van der Waals surface area contributed by atoms with Crippen molar-refractivity contribution >= 4 is 6.08 Å². The third-order valence-electron chi connectivity index (χ3n) is 1.41. The lowest BCUT2D eigenvalue weighted by Gasteiger charge is -1.89. The molecule has 1 aromatic rings. The van der Waals surface area contributed by atoms with Crippen molar-refractivity contribution in [1.82, 2.24) is 0 Å². The molecule has 4 nitrogen and oxygen atoms in total. The molecular weight excluding hydrogens is 168 g/mol. The average molecular weight is 174 g/mol. The third-order valence-corrected chi connectivity index (χ3v) is 1.41. The zero-order valence-corrected chi connectivity index (χ0v) is 6.68. The highest BCUT2D eigenvalue weighted by Crippen LogP contribution is 2.05. The fourth-order valence-corrected chi connectivity index (χ4v) is 0.833. The fraction of sp³-hybridized carbons (Fsp3) is 0. The largest absolute Gasteiger partial charge is 0.346 e. The summed E-state index contributed by atoms with van der Waals surface area (Å²) in [5, 5.41) is 18.6. The first-order valence-electron chi connectivity index (χ1n) is 3.55. The van der Waals surface area contributed by atoms with Crippen LogP contribution in [0.5, 0.6) is 0 Å². The normalized spacial score (nSPS) is 10.5. The lowest BCUT2D eigenvalue weighted by molar-refractivity contribution is -0.415. The minimum absolute atomic E-state index is 0.453. The molecule has 0 spiro atoms. The Kier molecular flexibility index (Phi) is 2.77. The first-order chi connectivity index (χ1) is 6.24. The number of rotatable bonds is 2. The van der Waals surface area contributed by atoms with Crippen LogP contribution >= 0.6 is 0 Å². The molecule has 4 heteroatoms. The summed E-state index contributed by atoms with van der Waals surface area (Å²) in [6.45, 7) is 0. The minimum atomic E-state index is -0.701. The number of nitro groups is 1. The highest BCUT2D eigenvalue weighted by atomic mass is 16.6. The zero-order chi connectivity index (χ0) is 9.68. The Bertz CT molecular complexity index is 376. The summed E-state index contributed by atoms with van der Waals surface area (Å²) in [4.78, 5) is 9.55. The molecule has 0 radical (unpaired) electrons. The van der Waals surface area contributed by atoms with Gasteiger partial charge in [-0.3, -0.25) is 10.1 Å². The molecule has 0 aliphatic carbocycles. The number of benzene rings is 1. The van der Waals surface area contributed by atoms with Crippen LogP contribution in [0.15, 0.2) is 36.0 Å². The van der Waals surface area contributed by atoms with Crippen molar-refractivity contribution in [2.45, 2.75) is 0 Å². The molecule has 0 unspecified atom stereocenters. The molecule has 0 amide bonds. The summed E-state index contributed by atoms with van der Waals surface area (Å²) < 4.78 is 0. The van der Waals surface area contributed by atoms with E-state index < -0.39 is 10.6 Å². The Balaban J connectivity index is 3.01. The van der Waals surface area contributed by atoms with E-state index in [4.69, 9.17) is 5.26 Å². The van der Waals surface area contributed by atoms with E-state index in [1.54, 1.807) is 30.3 Å². The highest BCUT2D eigenvalue weighted by Gasteiger charge is 2.07. The summed E-state index contributed by atoms with van der Waals surface area (Å²) >= 11 is 0. The maximum atomic E-state index is 10.2. The van der Waals surface area contributed by atoms with Gasteiger partial charge in [0.15, 0.2) is 6.07 Å². The summed E-state index contributed by atoms with van der Waals surface area (Å²) in [6, 6.07) is 10.2. The average Bonchev–Trinajstić information content (AvgIpc) is 2.15. The van der Waals surface area contributed by atoms with Crippen LogP contribution in [0.3, 0.4) is 0 Å². The van der Waals surface area contributed by atoms with Crippen LogP contribution in [-0.2, 0) is 0 Å². The van der Waals surface area contributed by atoms with Gasteiger partial charge in [0.2, 0.25) is 0 Å². The molecule has 0 bridgehead atoms. The Hall–Kier alpha value is -2.15. The second-order valence-corrected chi connectivity index (χ2v) is 2.31. The number of nitrogens with zero attached hydrogens (tertiary/aromatic N) is 2. The summed E-state index contributed by atoms with van der Waals surface area (Å²) in [7, 11) is 0. The molecule has 0 saturated heterocycles. The van der Waals surface area contributed by atoms with Crippen molar-refractivity contribution in [3.8, 4) is 6.07 Å². The second kappa shape index (κ2) is 4.02. The monoisotopic (exact) mass is 174 g/mol. The van der Waals surface area contributed by atoms with Gasteiger partial charge in [-0.2, -0.15) is 5.26 Å². The molecule has 1 rings (SSSR count). The van der Waals surface area contributed by atoms with E-state index in [0.29, 0.717) is 5.56 Å². The number of allylic oxidation sites excluding steroid dienone is 1. The lowest BCUT2D eigenvalue weighted by atomic mass is 10.2. The van der Waals surface area contributed by atoms with Gasteiger partial charge >= 0.3 is 5.70 Å². The molecule has 13 heavy (non-hydrogen) atoms. The Morgan fingerprint density at radius 3 is 2.54 bits per heavy atom. The van der Waals surface area contributed by atoms with E-state index in [1.807, 2.05) is 0 Å². The van der Waals surface area contributed by atoms with Crippen molar-refractivity contribution in [2.75, 3.05) is 0 Å². The van der Waals surface area contributed by atoms with Crippen LogP contribution in [0.2, 0.25) is 0 Å². The topological polar surface area (TPSA) is 66.9 Å². The fourth-order valence-electron chi connectivity index (χ4n) is 0.833. The lowest BCUT2D eigenvalue weighted by Crippen LogP contribution is -1.94. The molecule has 1 aromatic carbocycles. The minimum Gasteiger partial charge on any atom is -0.258 e. The van der Waals surface area contributed by atoms with Crippen molar-refractivity contribution in [3.63, 3.8) is 0 Å². The van der Waals surface area contributed by atoms with Gasteiger partial charge in [-0.05, 0) is 5.56 Å². The molecule has 0 aliphatic rings. The summed E-state index contributed by atoms with van der Waals surface area (Å²) in [6.07, 6.45) is 1.24. The van der Waals surface area contributed by atoms with E-state index in [9.17, 15) is 10.1 Å². The van der Waals surface area contributed by atoms with E-state index >= 15 is 0 Å². The Morgan fingerprint density at radius 2 is 2.08 bits per heavy atom. The molecule has 0 aliphatic heterocycles. The first kappa shape index (κ1) is 8.94. The molecule has 0 N–H and O–H groups in total. The molecule has 0 atom stereocenters. The van der Waals surface area contributed by atoms with Crippen LogP contribution in [0.25, 0.3) is 6.08 Å². The van der Waals surface area contributed by atoms with Gasteiger partial charge in [0.05, 0.1) is 4.92 Å². The van der Waals surface area contributed by atoms with Gasteiger partial charge < -0.3 is 0 Å².